The molecule has 1 aromatic carbocycles. The van der Waals surface area contributed by atoms with Gasteiger partial charge in [0.25, 0.3) is 11.8 Å². The Morgan fingerprint density at radius 2 is 1.95 bits per heavy atom. The maximum Gasteiger partial charge on any atom is 0.255 e. The fourth-order valence-corrected chi connectivity index (χ4v) is 5.37. The number of unbranched alkanes of at least 4 members (excludes halogenated alkanes) is 1. The summed E-state index contributed by atoms with van der Waals surface area (Å²) in [5.74, 6) is 5.28. The molecule has 3 heterocycles. The number of amides is 4. The Labute approximate surface area is 241 Å². The van der Waals surface area contributed by atoms with E-state index in [9.17, 15) is 19.2 Å². The first-order valence-corrected chi connectivity index (χ1v) is 17.5. The quantitative estimate of drug-likeness (QED) is 0.188. The zero-order valence-corrected chi connectivity index (χ0v) is 24.8. The molecule has 1 saturated heterocycles. The van der Waals surface area contributed by atoms with E-state index in [1.165, 1.54) is 6.20 Å². The molecule has 0 spiro atoms. The Bertz CT molecular complexity index is 1380. The van der Waals surface area contributed by atoms with Gasteiger partial charge in [-0.05, 0) is 42.6 Å². The van der Waals surface area contributed by atoms with Gasteiger partial charge in [0.15, 0.2) is 0 Å². The van der Waals surface area contributed by atoms with Crippen molar-refractivity contribution in [2.24, 2.45) is 5.73 Å². The molecule has 1 fully saturated rings. The van der Waals surface area contributed by atoms with Gasteiger partial charge in [0.2, 0.25) is 17.7 Å². The number of carbonyl (C=O) groups excluding carboxylic acids is 4. The summed E-state index contributed by atoms with van der Waals surface area (Å²) in [4.78, 5) is 57.0. The number of benzene rings is 1. The van der Waals surface area contributed by atoms with Gasteiger partial charge in [-0.1, -0.05) is 37.5 Å². The SMILES string of the molecule is C[Si](C)(C)CCOCN1C(=O)CCC(N2Cc3c(C#CCCCOc4ccc(C(N)=O)cn4)cccc3C2=O)C1=O. The average molecular weight is 577 g/mol. The van der Waals surface area contributed by atoms with Crippen LogP contribution in [0.4, 0.5) is 0 Å². The molecule has 11 heteroatoms. The molecule has 2 aliphatic heterocycles. The normalized spacial score (nSPS) is 16.9. The number of carbonyl (C=O) groups is 4. The summed E-state index contributed by atoms with van der Waals surface area (Å²) in [7, 11) is -1.30. The van der Waals surface area contributed by atoms with E-state index in [1.54, 1.807) is 29.2 Å². The van der Waals surface area contributed by atoms with E-state index in [0.717, 1.165) is 22.1 Å². The van der Waals surface area contributed by atoms with Crippen LogP contribution in [-0.2, 0) is 20.9 Å². The Balaban J connectivity index is 1.33. The monoisotopic (exact) mass is 576 g/mol. The average Bonchev–Trinajstić information content (AvgIpc) is 3.26. The fourth-order valence-electron chi connectivity index (χ4n) is 4.61. The van der Waals surface area contributed by atoms with Gasteiger partial charge in [-0.15, -0.1) is 0 Å². The number of primary amides is 1. The van der Waals surface area contributed by atoms with Crippen molar-refractivity contribution >= 4 is 31.7 Å². The van der Waals surface area contributed by atoms with Crippen molar-refractivity contribution in [3.63, 3.8) is 0 Å². The highest BCUT2D eigenvalue weighted by Crippen LogP contribution is 2.31. The zero-order valence-electron chi connectivity index (χ0n) is 23.8. The van der Waals surface area contributed by atoms with E-state index in [1.807, 2.05) is 6.07 Å². The Hall–Kier alpha value is -4.01. The molecule has 0 radical (unpaired) electrons. The van der Waals surface area contributed by atoms with E-state index in [0.29, 0.717) is 49.5 Å². The van der Waals surface area contributed by atoms with Crippen LogP contribution in [0.25, 0.3) is 0 Å². The minimum atomic E-state index is -1.30. The molecule has 10 nitrogen and oxygen atoms in total. The highest BCUT2D eigenvalue weighted by Gasteiger charge is 2.43. The Morgan fingerprint density at radius 3 is 2.66 bits per heavy atom. The number of imide groups is 1. The molecule has 2 aliphatic rings. The maximum atomic E-state index is 13.3. The zero-order chi connectivity index (χ0) is 29.6. The van der Waals surface area contributed by atoms with Crippen LogP contribution in [0.5, 0.6) is 5.88 Å². The van der Waals surface area contributed by atoms with Gasteiger partial charge in [-0.25, -0.2) is 4.98 Å². The molecule has 1 unspecified atom stereocenters. The first kappa shape index (κ1) is 30.0. The number of piperidine rings is 1. The van der Waals surface area contributed by atoms with Crippen molar-refractivity contribution in [3.05, 3.63) is 58.8 Å². The highest BCUT2D eigenvalue weighted by molar-refractivity contribution is 6.76. The molecular formula is C30H36N4O6Si. The summed E-state index contributed by atoms with van der Waals surface area (Å²) in [6.45, 7) is 7.80. The fraction of sp³-hybridized carbons (Fsp3) is 0.433. The Morgan fingerprint density at radius 1 is 1.15 bits per heavy atom. The molecule has 4 amide bonds. The van der Waals surface area contributed by atoms with Crippen molar-refractivity contribution in [1.29, 1.82) is 0 Å². The van der Waals surface area contributed by atoms with Crippen molar-refractivity contribution in [2.45, 2.75) is 64.0 Å². The molecule has 0 aliphatic carbocycles. The molecule has 41 heavy (non-hydrogen) atoms. The third-order valence-electron chi connectivity index (χ3n) is 7.01. The van der Waals surface area contributed by atoms with Crippen LogP contribution in [0.1, 0.15) is 57.5 Å². The van der Waals surface area contributed by atoms with E-state index in [-0.39, 0.29) is 37.4 Å². The summed E-state index contributed by atoms with van der Waals surface area (Å²) in [5, 5.41) is 0. The second-order valence-electron chi connectivity index (χ2n) is 11.3. The first-order valence-electron chi connectivity index (χ1n) is 13.8. The summed E-state index contributed by atoms with van der Waals surface area (Å²) in [6.07, 6.45) is 3.08. The number of rotatable bonds is 11. The summed E-state index contributed by atoms with van der Waals surface area (Å²) < 4.78 is 11.3. The molecule has 2 N–H and O–H groups in total. The number of likely N-dealkylation sites (tertiary alicyclic amines) is 1. The molecule has 2 aromatic rings. The van der Waals surface area contributed by atoms with Gasteiger partial charge < -0.3 is 20.1 Å². The lowest BCUT2D eigenvalue weighted by Crippen LogP contribution is -2.55. The first-order chi connectivity index (χ1) is 19.5. The number of hydrogen-bond donors (Lipinski definition) is 1. The van der Waals surface area contributed by atoms with Gasteiger partial charge >= 0.3 is 0 Å². The van der Waals surface area contributed by atoms with Crippen LogP contribution in [0.15, 0.2) is 36.5 Å². The molecule has 0 bridgehead atoms. The number of aromatic nitrogens is 1. The van der Waals surface area contributed by atoms with Crippen LogP contribution in [0, 0.1) is 11.8 Å². The van der Waals surface area contributed by atoms with E-state index in [4.69, 9.17) is 15.2 Å². The number of ether oxygens (including phenoxy) is 2. The molecule has 4 rings (SSSR count). The predicted molar refractivity (Wildman–Crippen MR) is 155 cm³/mol. The van der Waals surface area contributed by atoms with Crippen LogP contribution in [0.2, 0.25) is 25.7 Å². The van der Waals surface area contributed by atoms with Gasteiger partial charge in [0.1, 0.15) is 12.8 Å². The van der Waals surface area contributed by atoms with Crippen molar-refractivity contribution < 1.29 is 28.7 Å². The van der Waals surface area contributed by atoms with Crippen LogP contribution in [-0.4, -0.2) is 72.5 Å². The van der Waals surface area contributed by atoms with Crippen molar-refractivity contribution in [3.8, 4) is 17.7 Å². The van der Waals surface area contributed by atoms with Gasteiger partial charge in [0.05, 0.1) is 12.2 Å². The largest absolute Gasteiger partial charge is 0.478 e. The third-order valence-corrected chi connectivity index (χ3v) is 8.72. The third kappa shape index (κ3) is 7.59. The molecular weight excluding hydrogens is 540 g/mol. The van der Waals surface area contributed by atoms with Crippen LogP contribution >= 0.6 is 0 Å². The highest BCUT2D eigenvalue weighted by atomic mass is 28.3. The van der Waals surface area contributed by atoms with Crippen LogP contribution < -0.4 is 10.5 Å². The van der Waals surface area contributed by atoms with Gasteiger partial charge in [0, 0.05) is 57.5 Å². The van der Waals surface area contributed by atoms with Gasteiger partial charge in [-0.3, -0.25) is 24.1 Å². The second kappa shape index (κ2) is 13.1. The van der Waals surface area contributed by atoms with Crippen molar-refractivity contribution in [2.75, 3.05) is 19.9 Å². The minimum Gasteiger partial charge on any atom is -0.478 e. The molecule has 216 valence electrons. The lowest BCUT2D eigenvalue weighted by Gasteiger charge is -2.35. The van der Waals surface area contributed by atoms with E-state index in [2.05, 4.69) is 36.5 Å². The van der Waals surface area contributed by atoms with Crippen LogP contribution in [0.3, 0.4) is 0 Å². The Kier molecular flexibility index (Phi) is 9.57. The maximum absolute atomic E-state index is 13.3. The topological polar surface area (TPSA) is 132 Å². The number of pyridine rings is 1. The lowest BCUT2D eigenvalue weighted by atomic mass is 10.0. The summed E-state index contributed by atoms with van der Waals surface area (Å²) in [5.41, 5.74) is 7.60. The number of nitrogens with zero attached hydrogens (tertiary/aromatic N) is 3. The molecule has 1 atom stereocenters. The van der Waals surface area contributed by atoms with E-state index >= 15 is 0 Å². The van der Waals surface area contributed by atoms with E-state index < -0.39 is 20.0 Å². The van der Waals surface area contributed by atoms with Crippen molar-refractivity contribution in [1.82, 2.24) is 14.8 Å². The minimum absolute atomic E-state index is 0.0805. The second-order valence-corrected chi connectivity index (χ2v) is 17.0. The number of nitrogens with two attached hydrogens (primary N) is 1. The number of fused-ring (bicyclic) bond motifs is 1. The lowest BCUT2D eigenvalue weighted by molar-refractivity contribution is -0.158. The smallest absolute Gasteiger partial charge is 0.255 e. The number of hydrogen-bond acceptors (Lipinski definition) is 7. The molecule has 0 saturated carbocycles. The predicted octanol–water partition coefficient (Wildman–Crippen LogP) is 3.18. The summed E-state index contributed by atoms with van der Waals surface area (Å²) >= 11 is 0. The summed E-state index contributed by atoms with van der Waals surface area (Å²) in [6, 6.07) is 8.79. The standard InChI is InChI=1S/C30H36N4O6Si/c1-41(2,3)17-16-39-20-34-27(35)14-12-25(30(34)38)33-19-24-21(9-7-10-23(24)29(33)37)8-5-4-6-15-40-26-13-11-22(18-32-26)28(31)36/h7,9-11,13,18,25H,4,6,12,14-17,19-20H2,1-3H3,(H2,31,36). The van der Waals surface area contributed by atoms with Gasteiger partial charge in [-0.2, -0.15) is 0 Å². The molecule has 1 aromatic heterocycles.